The largest absolute Gasteiger partial charge is 0.365 e. The van der Waals surface area contributed by atoms with Crippen molar-refractivity contribution in [3.63, 3.8) is 0 Å². The van der Waals surface area contributed by atoms with Crippen LogP contribution >= 0.6 is 0 Å². The molecule has 2 heteroatoms. The summed E-state index contributed by atoms with van der Waals surface area (Å²) in [6.45, 7) is 9.46. The average molecular weight is 321 g/mol. The van der Waals surface area contributed by atoms with Gasteiger partial charge in [-0.1, -0.05) is 34.1 Å². The Morgan fingerprint density at radius 1 is 0.826 bits per heavy atom. The Kier molecular flexibility index (Phi) is 3.54. The highest BCUT2D eigenvalue weighted by molar-refractivity contribution is 5.11. The number of hydrogen-bond donors (Lipinski definition) is 2. The molecule has 0 bridgehead atoms. The van der Waals surface area contributed by atoms with Crippen molar-refractivity contribution < 1.29 is 10.2 Å². The summed E-state index contributed by atoms with van der Waals surface area (Å²) in [5.41, 5.74) is 0.659. The van der Waals surface area contributed by atoms with E-state index < -0.39 is 5.79 Å². The third-order valence-electron chi connectivity index (χ3n) is 9.57. The zero-order valence-electron chi connectivity index (χ0n) is 15.5. The number of aliphatic hydroxyl groups is 2. The van der Waals surface area contributed by atoms with Gasteiger partial charge in [-0.3, -0.25) is 0 Å². The van der Waals surface area contributed by atoms with Crippen molar-refractivity contribution in [2.24, 2.45) is 46.3 Å². The van der Waals surface area contributed by atoms with Gasteiger partial charge in [0, 0.05) is 12.3 Å². The number of hydrogen-bond acceptors (Lipinski definition) is 2. The zero-order chi connectivity index (χ0) is 16.6. The summed E-state index contributed by atoms with van der Waals surface area (Å²) in [5.74, 6) is 2.48. The molecular weight excluding hydrogens is 284 g/mol. The topological polar surface area (TPSA) is 40.5 Å². The van der Waals surface area contributed by atoms with E-state index in [-0.39, 0.29) is 11.3 Å². The molecule has 4 aliphatic carbocycles. The predicted octanol–water partition coefficient (Wildman–Crippen LogP) is 4.59. The van der Waals surface area contributed by atoms with Crippen LogP contribution < -0.4 is 0 Å². The minimum atomic E-state index is -1.44. The second-order valence-corrected chi connectivity index (χ2v) is 10.4. The lowest BCUT2D eigenvalue weighted by molar-refractivity contribution is -0.192. The third kappa shape index (κ3) is 2.13. The van der Waals surface area contributed by atoms with Gasteiger partial charge >= 0.3 is 0 Å². The molecule has 0 saturated heterocycles. The molecule has 0 spiro atoms. The second kappa shape index (κ2) is 4.97. The lowest BCUT2D eigenvalue weighted by Gasteiger charge is -2.60. The van der Waals surface area contributed by atoms with Crippen molar-refractivity contribution in [2.75, 3.05) is 0 Å². The first-order chi connectivity index (χ1) is 10.7. The summed E-state index contributed by atoms with van der Waals surface area (Å²) in [4.78, 5) is 0. The van der Waals surface area contributed by atoms with E-state index in [0.717, 1.165) is 23.7 Å². The minimum Gasteiger partial charge on any atom is -0.365 e. The quantitative estimate of drug-likeness (QED) is 0.641. The van der Waals surface area contributed by atoms with Crippen molar-refractivity contribution in [3.8, 4) is 0 Å². The lowest BCUT2D eigenvalue weighted by atomic mass is 9.44. The second-order valence-electron chi connectivity index (χ2n) is 10.4. The summed E-state index contributed by atoms with van der Waals surface area (Å²) in [6.07, 6.45) is 10.1. The normalized spacial score (nSPS) is 58.2. The van der Waals surface area contributed by atoms with Gasteiger partial charge in [-0.25, -0.2) is 0 Å². The lowest BCUT2D eigenvalue weighted by Crippen LogP contribution is -2.53. The Hall–Kier alpha value is -0.0800. The molecule has 8 atom stereocenters. The van der Waals surface area contributed by atoms with Crippen LogP contribution in [-0.4, -0.2) is 16.0 Å². The van der Waals surface area contributed by atoms with E-state index in [0.29, 0.717) is 17.8 Å². The van der Waals surface area contributed by atoms with Gasteiger partial charge in [-0.05, 0) is 78.9 Å². The minimum absolute atomic E-state index is 0.0119. The van der Waals surface area contributed by atoms with E-state index in [1.165, 1.54) is 44.9 Å². The maximum absolute atomic E-state index is 10.5. The maximum atomic E-state index is 10.5. The van der Waals surface area contributed by atoms with Crippen LogP contribution in [0.25, 0.3) is 0 Å². The van der Waals surface area contributed by atoms with Crippen LogP contribution in [0.4, 0.5) is 0 Å². The van der Waals surface area contributed by atoms with Gasteiger partial charge in [0.05, 0.1) is 0 Å². The molecule has 0 amide bonds. The molecule has 0 aliphatic heterocycles. The smallest absolute Gasteiger partial charge is 0.165 e. The molecular formula is C21H36O2. The van der Waals surface area contributed by atoms with Crippen LogP contribution in [-0.2, 0) is 0 Å². The Morgan fingerprint density at radius 3 is 2.26 bits per heavy atom. The van der Waals surface area contributed by atoms with E-state index in [2.05, 4.69) is 27.7 Å². The van der Waals surface area contributed by atoms with E-state index in [1.54, 1.807) is 0 Å². The summed E-state index contributed by atoms with van der Waals surface area (Å²) in [7, 11) is 0. The fraction of sp³-hybridized carbons (Fsp3) is 1.00. The average Bonchev–Trinajstić information content (AvgIpc) is 2.68. The summed E-state index contributed by atoms with van der Waals surface area (Å²) < 4.78 is 0. The molecule has 23 heavy (non-hydrogen) atoms. The Labute approximate surface area is 142 Å². The molecule has 132 valence electrons. The van der Waals surface area contributed by atoms with E-state index in [4.69, 9.17) is 0 Å². The van der Waals surface area contributed by atoms with Crippen molar-refractivity contribution in [2.45, 2.75) is 84.8 Å². The molecule has 0 radical (unpaired) electrons. The highest BCUT2D eigenvalue weighted by Gasteiger charge is 2.64. The highest BCUT2D eigenvalue weighted by Crippen LogP contribution is 2.68. The van der Waals surface area contributed by atoms with E-state index >= 15 is 0 Å². The molecule has 4 saturated carbocycles. The Morgan fingerprint density at radius 2 is 1.52 bits per heavy atom. The van der Waals surface area contributed by atoms with Gasteiger partial charge < -0.3 is 10.2 Å². The SMILES string of the molecule is CC1CCC2(C)C(CCC3C2CCC2(C)C3CC(O)(O)C2C)C1. The first-order valence-corrected chi connectivity index (χ1v) is 10.1. The van der Waals surface area contributed by atoms with Gasteiger partial charge in [-0.2, -0.15) is 0 Å². The third-order valence-corrected chi connectivity index (χ3v) is 9.57. The van der Waals surface area contributed by atoms with E-state index in [1.807, 2.05) is 0 Å². The Bertz CT molecular complexity index is 486. The molecule has 2 nitrogen and oxygen atoms in total. The van der Waals surface area contributed by atoms with E-state index in [9.17, 15) is 10.2 Å². The van der Waals surface area contributed by atoms with Crippen LogP contribution in [0.15, 0.2) is 0 Å². The Balaban J connectivity index is 1.65. The fourth-order valence-electron chi connectivity index (χ4n) is 7.77. The first kappa shape index (κ1) is 16.4. The number of rotatable bonds is 0. The number of fused-ring (bicyclic) bond motifs is 5. The maximum Gasteiger partial charge on any atom is 0.165 e. The van der Waals surface area contributed by atoms with Crippen LogP contribution in [0.1, 0.15) is 79.1 Å². The van der Waals surface area contributed by atoms with Gasteiger partial charge in [-0.15, -0.1) is 0 Å². The summed E-state index contributed by atoms with van der Waals surface area (Å²) in [5, 5.41) is 21.1. The van der Waals surface area contributed by atoms with Crippen molar-refractivity contribution in [1.82, 2.24) is 0 Å². The molecule has 4 fully saturated rings. The molecule has 2 N–H and O–H groups in total. The summed E-state index contributed by atoms with van der Waals surface area (Å²) in [6, 6.07) is 0. The van der Waals surface area contributed by atoms with Gasteiger partial charge in [0.1, 0.15) is 0 Å². The van der Waals surface area contributed by atoms with Gasteiger partial charge in [0.15, 0.2) is 5.79 Å². The van der Waals surface area contributed by atoms with Crippen molar-refractivity contribution in [3.05, 3.63) is 0 Å². The van der Waals surface area contributed by atoms with Crippen LogP contribution in [0.2, 0.25) is 0 Å². The summed E-state index contributed by atoms with van der Waals surface area (Å²) >= 11 is 0. The predicted molar refractivity (Wildman–Crippen MR) is 92.6 cm³/mol. The zero-order valence-corrected chi connectivity index (χ0v) is 15.5. The molecule has 0 aromatic carbocycles. The molecule has 4 rings (SSSR count). The van der Waals surface area contributed by atoms with Crippen LogP contribution in [0.5, 0.6) is 0 Å². The van der Waals surface area contributed by atoms with Gasteiger partial charge in [0.2, 0.25) is 0 Å². The molecule has 8 unspecified atom stereocenters. The highest BCUT2D eigenvalue weighted by atomic mass is 16.5. The molecule has 0 aromatic heterocycles. The molecule has 4 aliphatic rings. The van der Waals surface area contributed by atoms with Crippen LogP contribution in [0, 0.1) is 46.3 Å². The fourth-order valence-corrected chi connectivity index (χ4v) is 7.77. The standard InChI is InChI=1S/C21H36O2/c1-13-7-9-20(4)15(11-13)5-6-16-17(20)8-10-19(3)14(2)21(22,23)12-18(16)19/h13-18,22-23H,5-12H2,1-4H3. The van der Waals surface area contributed by atoms with Gasteiger partial charge in [0.25, 0.3) is 0 Å². The van der Waals surface area contributed by atoms with Crippen molar-refractivity contribution in [1.29, 1.82) is 0 Å². The molecule has 0 heterocycles. The molecule has 0 aromatic rings. The monoisotopic (exact) mass is 320 g/mol. The first-order valence-electron chi connectivity index (χ1n) is 10.1. The van der Waals surface area contributed by atoms with Crippen molar-refractivity contribution >= 4 is 0 Å². The van der Waals surface area contributed by atoms with Crippen LogP contribution in [0.3, 0.4) is 0 Å².